The lowest BCUT2D eigenvalue weighted by atomic mass is 9.95. The fourth-order valence-electron chi connectivity index (χ4n) is 5.10. The summed E-state index contributed by atoms with van der Waals surface area (Å²) in [5.74, 6) is -0.261. The Hall–Kier alpha value is -3.55. The van der Waals surface area contributed by atoms with Gasteiger partial charge in [-0.15, -0.1) is 0 Å². The van der Waals surface area contributed by atoms with Crippen LogP contribution in [0.1, 0.15) is 53.9 Å². The normalized spacial score (nSPS) is 15.2. The molecule has 3 aromatic rings. The number of anilines is 1. The molecule has 1 aliphatic rings. The van der Waals surface area contributed by atoms with Gasteiger partial charge in [-0.25, -0.2) is 4.39 Å². The van der Waals surface area contributed by atoms with E-state index in [1.165, 1.54) is 19.1 Å². The molecule has 4 rings (SSSR count). The maximum Gasteiger partial charge on any atom is 0.253 e. The first-order chi connectivity index (χ1) is 18.4. The zero-order chi connectivity index (χ0) is 27.1. The number of amides is 2. The molecule has 1 fully saturated rings. The summed E-state index contributed by atoms with van der Waals surface area (Å²) in [5.41, 5.74) is 4.83. The number of carbonyl (C=O) groups is 2. The number of nitrogens with zero attached hydrogens (tertiary/aromatic N) is 3. The standard InChI is InChI=1S/C31H37FN4O2/c1-4-35(5-2)31(38)27-10-8-25(9-11-27)30(26-12-16-29(17-13-26)33-23(3)37)36-20-18-34(19-21-36)22-24-6-14-28(32)15-7-24/h6-17,30H,4-5,18-22H2,1-3H3,(H,33,37)/t30-/m1/s1. The van der Waals surface area contributed by atoms with Gasteiger partial charge in [0, 0.05) is 64.0 Å². The first-order valence-corrected chi connectivity index (χ1v) is 13.4. The molecule has 0 spiro atoms. The fourth-order valence-corrected chi connectivity index (χ4v) is 5.10. The van der Waals surface area contributed by atoms with Gasteiger partial charge in [0.1, 0.15) is 5.82 Å². The Balaban J connectivity index is 1.54. The Labute approximate surface area is 225 Å². The van der Waals surface area contributed by atoms with Gasteiger partial charge in [0.05, 0.1) is 6.04 Å². The molecule has 0 aromatic heterocycles. The summed E-state index contributed by atoms with van der Waals surface area (Å²) in [6.45, 7) is 11.2. The Morgan fingerprint density at radius 1 is 0.842 bits per heavy atom. The molecule has 1 aliphatic heterocycles. The second-order valence-corrected chi connectivity index (χ2v) is 9.74. The molecule has 1 N–H and O–H groups in total. The van der Waals surface area contributed by atoms with Crippen molar-refractivity contribution in [1.82, 2.24) is 14.7 Å². The largest absolute Gasteiger partial charge is 0.339 e. The lowest BCUT2D eigenvalue weighted by Gasteiger charge is -2.40. The third kappa shape index (κ3) is 6.85. The smallest absolute Gasteiger partial charge is 0.253 e. The average Bonchev–Trinajstić information content (AvgIpc) is 2.93. The molecular weight excluding hydrogens is 479 g/mol. The van der Waals surface area contributed by atoms with Gasteiger partial charge in [-0.05, 0) is 66.9 Å². The molecule has 0 radical (unpaired) electrons. The van der Waals surface area contributed by atoms with Crippen LogP contribution in [0.25, 0.3) is 0 Å². The highest BCUT2D eigenvalue weighted by molar-refractivity contribution is 5.94. The molecule has 0 aliphatic carbocycles. The molecule has 1 heterocycles. The van der Waals surface area contributed by atoms with Crippen molar-refractivity contribution < 1.29 is 14.0 Å². The van der Waals surface area contributed by atoms with Gasteiger partial charge < -0.3 is 10.2 Å². The zero-order valence-corrected chi connectivity index (χ0v) is 22.5. The Bertz CT molecular complexity index is 1200. The molecule has 6 nitrogen and oxygen atoms in total. The minimum absolute atomic E-state index is 0.0203. The molecule has 0 unspecified atom stereocenters. The number of nitrogens with one attached hydrogen (secondary N) is 1. The number of rotatable bonds is 9. The predicted octanol–water partition coefficient (Wildman–Crippen LogP) is 5.17. The van der Waals surface area contributed by atoms with E-state index >= 15 is 0 Å². The molecule has 0 bridgehead atoms. The molecule has 200 valence electrons. The van der Waals surface area contributed by atoms with E-state index < -0.39 is 0 Å². The number of hydrogen-bond donors (Lipinski definition) is 1. The lowest BCUT2D eigenvalue weighted by Crippen LogP contribution is -2.47. The maximum atomic E-state index is 13.3. The highest BCUT2D eigenvalue weighted by atomic mass is 19.1. The molecular formula is C31H37FN4O2. The first-order valence-electron chi connectivity index (χ1n) is 13.4. The van der Waals surface area contributed by atoms with Gasteiger partial charge in [0.25, 0.3) is 5.91 Å². The van der Waals surface area contributed by atoms with E-state index in [-0.39, 0.29) is 23.7 Å². The summed E-state index contributed by atoms with van der Waals surface area (Å²) in [6, 6.07) is 22.7. The molecule has 1 saturated heterocycles. The Morgan fingerprint density at radius 3 is 1.92 bits per heavy atom. The average molecular weight is 517 g/mol. The Kier molecular flexibility index (Phi) is 9.26. The van der Waals surface area contributed by atoms with Crippen LogP contribution in [0.3, 0.4) is 0 Å². The van der Waals surface area contributed by atoms with Gasteiger partial charge in [-0.1, -0.05) is 36.4 Å². The minimum atomic E-state index is -0.212. The van der Waals surface area contributed by atoms with E-state index in [1.54, 1.807) is 0 Å². The van der Waals surface area contributed by atoms with E-state index in [4.69, 9.17) is 0 Å². The van der Waals surface area contributed by atoms with Crippen LogP contribution in [0.5, 0.6) is 0 Å². The predicted molar refractivity (Wildman–Crippen MR) is 150 cm³/mol. The van der Waals surface area contributed by atoms with Gasteiger partial charge in [0.2, 0.25) is 5.91 Å². The summed E-state index contributed by atoms with van der Waals surface area (Å²) in [6.07, 6.45) is 0. The van der Waals surface area contributed by atoms with E-state index in [0.717, 1.165) is 55.1 Å². The summed E-state index contributed by atoms with van der Waals surface area (Å²) < 4.78 is 13.3. The van der Waals surface area contributed by atoms with Gasteiger partial charge >= 0.3 is 0 Å². The second kappa shape index (κ2) is 12.8. The van der Waals surface area contributed by atoms with Crippen molar-refractivity contribution >= 4 is 17.5 Å². The molecule has 0 saturated carbocycles. The summed E-state index contributed by atoms with van der Waals surface area (Å²) in [4.78, 5) is 31.0. The van der Waals surface area contributed by atoms with E-state index in [0.29, 0.717) is 18.7 Å². The van der Waals surface area contributed by atoms with Crippen LogP contribution < -0.4 is 5.32 Å². The maximum absolute atomic E-state index is 13.3. The number of piperazine rings is 1. The van der Waals surface area contributed by atoms with Crippen LogP contribution in [0.2, 0.25) is 0 Å². The Morgan fingerprint density at radius 2 is 1.39 bits per heavy atom. The highest BCUT2D eigenvalue weighted by Gasteiger charge is 2.27. The van der Waals surface area contributed by atoms with Gasteiger partial charge in [-0.2, -0.15) is 0 Å². The monoisotopic (exact) mass is 516 g/mol. The SMILES string of the molecule is CCN(CC)C(=O)c1ccc([C@H](c2ccc(NC(C)=O)cc2)N2CCN(Cc3ccc(F)cc3)CC2)cc1. The van der Waals surface area contributed by atoms with Crippen molar-refractivity contribution in [3.8, 4) is 0 Å². The topological polar surface area (TPSA) is 55.9 Å². The number of halogens is 1. The quantitative estimate of drug-likeness (QED) is 0.426. The van der Waals surface area contributed by atoms with Crippen molar-refractivity contribution in [3.05, 3.63) is 101 Å². The molecule has 38 heavy (non-hydrogen) atoms. The highest BCUT2D eigenvalue weighted by Crippen LogP contribution is 2.31. The van der Waals surface area contributed by atoms with Crippen LogP contribution in [0.15, 0.2) is 72.8 Å². The van der Waals surface area contributed by atoms with Crippen LogP contribution in [-0.4, -0.2) is 65.8 Å². The summed E-state index contributed by atoms with van der Waals surface area (Å²) in [5, 5.41) is 2.84. The van der Waals surface area contributed by atoms with Crippen LogP contribution in [-0.2, 0) is 11.3 Å². The third-order valence-electron chi connectivity index (χ3n) is 7.16. The molecule has 1 atom stereocenters. The summed E-state index contributed by atoms with van der Waals surface area (Å²) in [7, 11) is 0. The second-order valence-electron chi connectivity index (χ2n) is 9.74. The van der Waals surface area contributed by atoms with Crippen molar-refractivity contribution in [2.45, 2.75) is 33.4 Å². The van der Waals surface area contributed by atoms with Crippen LogP contribution in [0, 0.1) is 5.82 Å². The van der Waals surface area contributed by atoms with Crippen LogP contribution >= 0.6 is 0 Å². The van der Waals surface area contributed by atoms with Crippen molar-refractivity contribution in [2.24, 2.45) is 0 Å². The minimum Gasteiger partial charge on any atom is -0.339 e. The van der Waals surface area contributed by atoms with Gasteiger partial charge in [0.15, 0.2) is 0 Å². The number of hydrogen-bond acceptors (Lipinski definition) is 4. The van der Waals surface area contributed by atoms with E-state index in [9.17, 15) is 14.0 Å². The summed E-state index contributed by atoms with van der Waals surface area (Å²) >= 11 is 0. The first kappa shape index (κ1) is 27.5. The number of carbonyl (C=O) groups excluding carboxylic acids is 2. The third-order valence-corrected chi connectivity index (χ3v) is 7.16. The molecule has 2 amide bonds. The van der Waals surface area contributed by atoms with Crippen molar-refractivity contribution in [2.75, 3.05) is 44.6 Å². The molecule has 3 aromatic carbocycles. The number of benzene rings is 3. The van der Waals surface area contributed by atoms with E-state index in [1.807, 2.05) is 55.1 Å². The van der Waals surface area contributed by atoms with Crippen molar-refractivity contribution in [3.63, 3.8) is 0 Å². The van der Waals surface area contributed by atoms with E-state index in [2.05, 4.69) is 39.4 Å². The zero-order valence-electron chi connectivity index (χ0n) is 22.5. The van der Waals surface area contributed by atoms with Crippen molar-refractivity contribution in [1.29, 1.82) is 0 Å². The fraction of sp³-hybridized carbons (Fsp3) is 0.355. The lowest BCUT2D eigenvalue weighted by molar-refractivity contribution is -0.114. The van der Waals surface area contributed by atoms with Gasteiger partial charge in [-0.3, -0.25) is 19.4 Å². The van der Waals surface area contributed by atoms with Crippen LogP contribution in [0.4, 0.5) is 10.1 Å². The molecule has 7 heteroatoms.